The van der Waals surface area contributed by atoms with Crippen molar-refractivity contribution in [3.05, 3.63) is 70.2 Å². The second-order valence-electron chi connectivity index (χ2n) is 6.06. The van der Waals surface area contributed by atoms with E-state index in [0.717, 1.165) is 5.56 Å². The zero-order chi connectivity index (χ0) is 19.2. The number of hydrogen-bond donors (Lipinski definition) is 2. The van der Waals surface area contributed by atoms with Gasteiger partial charge in [0.2, 0.25) is 0 Å². The van der Waals surface area contributed by atoms with Crippen molar-refractivity contribution in [3.8, 4) is 0 Å². The Labute approximate surface area is 163 Å². The van der Waals surface area contributed by atoms with Crippen LogP contribution in [0.15, 0.2) is 53.5 Å². The van der Waals surface area contributed by atoms with Gasteiger partial charge in [0.15, 0.2) is 5.96 Å². The molecule has 0 aliphatic carbocycles. The highest BCUT2D eigenvalue weighted by molar-refractivity contribution is 6.30. The van der Waals surface area contributed by atoms with Crippen molar-refractivity contribution < 1.29 is 9.59 Å². The molecule has 0 bridgehead atoms. The maximum atomic E-state index is 12.4. The number of carbonyl (C=O) groups excluding carboxylic acids is 2. The summed E-state index contributed by atoms with van der Waals surface area (Å²) in [6, 6.07) is 14.4. The van der Waals surface area contributed by atoms with Gasteiger partial charge in [-0.2, -0.15) is 0 Å². The van der Waals surface area contributed by atoms with Gasteiger partial charge in [-0.05, 0) is 36.8 Å². The van der Waals surface area contributed by atoms with Gasteiger partial charge in [0.1, 0.15) is 0 Å². The van der Waals surface area contributed by atoms with E-state index in [-0.39, 0.29) is 18.4 Å². The number of guanidine groups is 1. The van der Waals surface area contributed by atoms with E-state index < -0.39 is 0 Å². The molecule has 1 aliphatic heterocycles. The number of amides is 2. The Morgan fingerprint density at radius 1 is 1.04 bits per heavy atom. The first-order valence-corrected chi connectivity index (χ1v) is 9.19. The van der Waals surface area contributed by atoms with Crippen molar-refractivity contribution in [3.63, 3.8) is 0 Å². The summed E-state index contributed by atoms with van der Waals surface area (Å²) in [4.78, 5) is 30.5. The highest BCUT2D eigenvalue weighted by atomic mass is 35.5. The molecule has 0 saturated carbocycles. The number of nitrogens with one attached hydrogen (secondary N) is 2. The van der Waals surface area contributed by atoms with E-state index in [4.69, 9.17) is 11.6 Å². The number of fused-ring (bicyclic) bond motifs is 1. The third kappa shape index (κ3) is 4.46. The number of hydrogen-bond acceptors (Lipinski definition) is 3. The highest BCUT2D eigenvalue weighted by Crippen LogP contribution is 2.21. The summed E-state index contributed by atoms with van der Waals surface area (Å²) in [5, 5.41) is 6.98. The van der Waals surface area contributed by atoms with Crippen LogP contribution in [0.2, 0.25) is 5.02 Å². The Hall–Kier alpha value is -2.86. The van der Waals surface area contributed by atoms with Crippen LogP contribution < -0.4 is 10.6 Å². The molecule has 1 aliphatic rings. The minimum Gasteiger partial charge on any atom is -0.357 e. The second-order valence-corrected chi connectivity index (χ2v) is 6.50. The normalized spacial score (nSPS) is 13.7. The lowest BCUT2D eigenvalue weighted by atomic mass is 10.1. The lowest BCUT2D eigenvalue weighted by Gasteiger charge is -2.16. The number of rotatable bonds is 6. The molecule has 2 aromatic rings. The van der Waals surface area contributed by atoms with E-state index in [1.165, 1.54) is 4.90 Å². The summed E-state index contributed by atoms with van der Waals surface area (Å²) >= 11 is 5.99. The van der Waals surface area contributed by atoms with Crippen LogP contribution in [0.1, 0.15) is 33.2 Å². The van der Waals surface area contributed by atoms with Crippen LogP contribution in [0.3, 0.4) is 0 Å². The van der Waals surface area contributed by atoms with Gasteiger partial charge in [-0.1, -0.05) is 35.9 Å². The van der Waals surface area contributed by atoms with Gasteiger partial charge in [-0.15, -0.1) is 0 Å². The number of imide groups is 1. The van der Waals surface area contributed by atoms with Gasteiger partial charge in [0.25, 0.3) is 11.8 Å². The van der Waals surface area contributed by atoms with Gasteiger partial charge >= 0.3 is 0 Å². The first kappa shape index (κ1) is 18.9. The number of carbonyl (C=O) groups is 2. The monoisotopic (exact) mass is 384 g/mol. The quantitative estimate of drug-likeness (QED) is 0.456. The maximum absolute atomic E-state index is 12.4. The zero-order valence-electron chi connectivity index (χ0n) is 15.0. The summed E-state index contributed by atoms with van der Waals surface area (Å²) < 4.78 is 0. The Morgan fingerprint density at radius 2 is 1.74 bits per heavy atom. The van der Waals surface area contributed by atoms with Crippen molar-refractivity contribution in [2.24, 2.45) is 4.99 Å². The third-order valence-electron chi connectivity index (χ3n) is 4.16. The molecule has 7 heteroatoms. The molecule has 2 amide bonds. The molecule has 1 heterocycles. The SMILES string of the molecule is CCNC(=NCc1cccc(Cl)c1)NCCN1C(=O)c2ccccc2C1=O. The van der Waals surface area contributed by atoms with E-state index in [1.807, 2.05) is 31.2 Å². The summed E-state index contributed by atoms with van der Waals surface area (Å²) in [6.45, 7) is 3.83. The van der Waals surface area contributed by atoms with Crippen LogP contribution in [-0.4, -0.2) is 42.3 Å². The van der Waals surface area contributed by atoms with Crippen LogP contribution in [0, 0.1) is 0 Å². The average molecular weight is 385 g/mol. The third-order valence-corrected chi connectivity index (χ3v) is 4.39. The zero-order valence-corrected chi connectivity index (χ0v) is 15.8. The molecule has 0 unspecified atom stereocenters. The Morgan fingerprint density at radius 3 is 2.37 bits per heavy atom. The van der Waals surface area contributed by atoms with E-state index in [9.17, 15) is 9.59 Å². The molecule has 0 atom stereocenters. The van der Waals surface area contributed by atoms with Crippen LogP contribution in [-0.2, 0) is 6.54 Å². The van der Waals surface area contributed by atoms with Crippen LogP contribution in [0.25, 0.3) is 0 Å². The Balaban J connectivity index is 1.58. The molecule has 6 nitrogen and oxygen atoms in total. The van der Waals surface area contributed by atoms with Gasteiger partial charge in [-0.25, -0.2) is 4.99 Å². The van der Waals surface area contributed by atoms with Gasteiger partial charge in [-0.3, -0.25) is 14.5 Å². The molecule has 0 aromatic heterocycles. The predicted octanol–water partition coefficient (Wildman–Crippen LogP) is 2.69. The molecule has 2 N–H and O–H groups in total. The topological polar surface area (TPSA) is 73.8 Å². The second kappa shape index (κ2) is 8.68. The number of aliphatic imine (C=N–C) groups is 1. The Kier molecular flexibility index (Phi) is 6.08. The van der Waals surface area contributed by atoms with Crippen molar-refractivity contribution in [1.82, 2.24) is 15.5 Å². The van der Waals surface area contributed by atoms with Crippen LogP contribution in [0.4, 0.5) is 0 Å². The molecular weight excluding hydrogens is 364 g/mol. The van der Waals surface area contributed by atoms with Crippen molar-refractivity contribution in [2.75, 3.05) is 19.6 Å². The molecule has 27 heavy (non-hydrogen) atoms. The fraction of sp³-hybridized carbons (Fsp3) is 0.250. The predicted molar refractivity (Wildman–Crippen MR) is 106 cm³/mol. The molecule has 2 aromatic carbocycles. The van der Waals surface area contributed by atoms with E-state index in [0.29, 0.717) is 41.7 Å². The first-order valence-electron chi connectivity index (χ1n) is 8.82. The largest absolute Gasteiger partial charge is 0.357 e. The van der Waals surface area contributed by atoms with Crippen molar-refractivity contribution >= 4 is 29.4 Å². The number of nitrogens with zero attached hydrogens (tertiary/aromatic N) is 2. The van der Waals surface area contributed by atoms with Crippen molar-refractivity contribution in [2.45, 2.75) is 13.5 Å². The van der Waals surface area contributed by atoms with E-state index in [1.54, 1.807) is 24.3 Å². The summed E-state index contributed by atoms with van der Waals surface area (Å²) in [6.07, 6.45) is 0. The minimum absolute atomic E-state index is 0.252. The molecule has 0 fully saturated rings. The lowest BCUT2D eigenvalue weighted by Crippen LogP contribution is -2.43. The molecule has 0 saturated heterocycles. The fourth-order valence-corrected chi connectivity index (χ4v) is 3.09. The summed E-state index contributed by atoms with van der Waals surface area (Å²) in [7, 11) is 0. The van der Waals surface area contributed by atoms with Crippen molar-refractivity contribution in [1.29, 1.82) is 0 Å². The highest BCUT2D eigenvalue weighted by Gasteiger charge is 2.34. The summed E-state index contributed by atoms with van der Waals surface area (Å²) in [5.74, 6) is 0.116. The maximum Gasteiger partial charge on any atom is 0.261 e. The summed E-state index contributed by atoms with van der Waals surface area (Å²) in [5.41, 5.74) is 1.92. The van der Waals surface area contributed by atoms with Gasteiger partial charge in [0, 0.05) is 24.7 Å². The average Bonchev–Trinajstić information content (AvgIpc) is 2.91. The first-order chi connectivity index (χ1) is 13.1. The fourth-order valence-electron chi connectivity index (χ4n) is 2.88. The standard InChI is InChI=1S/C20H21ClN4O2/c1-2-22-20(24-13-14-6-5-7-15(21)12-14)23-10-11-25-18(26)16-8-3-4-9-17(16)19(25)27/h3-9,12H,2,10-11,13H2,1H3,(H2,22,23,24). The lowest BCUT2D eigenvalue weighted by molar-refractivity contribution is 0.0657. The molecule has 3 rings (SSSR count). The molecular formula is C20H21ClN4O2. The van der Waals surface area contributed by atoms with Crippen LogP contribution in [0.5, 0.6) is 0 Å². The molecule has 140 valence electrons. The molecule has 0 radical (unpaired) electrons. The number of halogens is 1. The van der Waals surface area contributed by atoms with Crippen LogP contribution >= 0.6 is 11.6 Å². The van der Waals surface area contributed by atoms with Gasteiger partial charge in [0.05, 0.1) is 17.7 Å². The number of benzene rings is 2. The van der Waals surface area contributed by atoms with Gasteiger partial charge < -0.3 is 10.6 Å². The Bertz CT molecular complexity index is 847. The smallest absolute Gasteiger partial charge is 0.261 e. The van der Waals surface area contributed by atoms with E-state index >= 15 is 0 Å². The minimum atomic E-state index is -0.252. The van der Waals surface area contributed by atoms with E-state index in [2.05, 4.69) is 15.6 Å². The molecule has 0 spiro atoms.